The molecular weight excluding hydrogens is 184 g/mol. The van der Waals surface area contributed by atoms with Gasteiger partial charge >= 0.3 is 5.97 Å². The van der Waals surface area contributed by atoms with Crippen LogP contribution in [0.25, 0.3) is 0 Å². The largest absolute Gasteiger partial charge is 0.476 e. The zero-order valence-electron chi connectivity index (χ0n) is 7.68. The number of aromatic carboxylic acids is 1. The lowest BCUT2D eigenvalue weighted by molar-refractivity contribution is 0.0689. The third-order valence-electron chi connectivity index (χ3n) is 2.36. The minimum absolute atomic E-state index is 0.0172. The highest BCUT2D eigenvalue weighted by Crippen LogP contribution is 2.15. The van der Waals surface area contributed by atoms with Gasteiger partial charge in [0, 0.05) is 0 Å². The molecule has 0 spiro atoms. The molecule has 6 heteroatoms. The maximum Gasteiger partial charge on any atom is 0.358 e. The van der Waals surface area contributed by atoms with Crippen LogP contribution >= 0.6 is 0 Å². The number of piperidine rings is 1. The van der Waals surface area contributed by atoms with Gasteiger partial charge in [-0.25, -0.2) is 4.79 Å². The SMILES string of the molecule is O=C(O)c1cnn(C2CCNCC2)n1. The molecule has 0 unspecified atom stereocenters. The number of nitrogens with zero attached hydrogens (tertiary/aromatic N) is 3. The Morgan fingerprint density at radius 2 is 2.29 bits per heavy atom. The highest BCUT2D eigenvalue weighted by molar-refractivity contribution is 5.84. The molecule has 2 rings (SSSR count). The van der Waals surface area contributed by atoms with Crippen LogP contribution < -0.4 is 5.32 Å². The fourth-order valence-electron chi connectivity index (χ4n) is 1.59. The molecule has 2 heterocycles. The lowest BCUT2D eigenvalue weighted by Gasteiger charge is -2.21. The van der Waals surface area contributed by atoms with E-state index < -0.39 is 5.97 Å². The number of carboxylic acids is 1. The van der Waals surface area contributed by atoms with E-state index in [4.69, 9.17) is 5.11 Å². The fraction of sp³-hybridized carbons (Fsp3) is 0.625. The molecule has 1 aromatic rings. The summed E-state index contributed by atoms with van der Waals surface area (Å²) in [7, 11) is 0. The van der Waals surface area contributed by atoms with E-state index in [2.05, 4.69) is 15.5 Å². The Labute approximate surface area is 80.9 Å². The van der Waals surface area contributed by atoms with Gasteiger partial charge in [0.05, 0.1) is 12.2 Å². The number of nitrogens with one attached hydrogen (secondary N) is 1. The number of carbonyl (C=O) groups is 1. The van der Waals surface area contributed by atoms with Crippen LogP contribution in [-0.4, -0.2) is 39.2 Å². The van der Waals surface area contributed by atoms with Crippen molar-refractivity contribution >= 4 is 5.97 Å². The Kier molecular flexibility index (Phi) is 2.45. The second-order valence-corrected chi connectivity index (χ2v) is 3.34. The number of hydrogen-bond donors (Lipinski definition) is 2. The summed E-state index contributed by atoms with van der Waals surface area (Å²) in [6.45, 7) is 1.88. The van der Waals surface area contributed by atoms with E-state index in [1.165, 1.54) is 11.0 Å². The van der Waals surface area contributed by atoms with Crippen molar-refractivity contribution < 1.29 is 9.90 Å². The van der Waals surface area contributed by atoms with E-state index in [1.54, 1.807) is 0 Å². The molecule has 1 aliphatic heterocycles. The average Bonchev–Trinajstić information content (AvgIpc) is 2.68. The van der Waals surface area contributed by atoms with Crippen molar-refractivity contribution in [3.8, 4) is 0 Å². The van der Waals surface area contributed by atoms with Crippen molar-refractivity contribution in [3.05, 3.63) is 11.9 Å². The maximum absolute atomic E-state index is 10.6. The summed E-state index contributed by atoms with van der Waals surface area (Å²) in [6.07, 6.45) is 3.20. The maximum atomic E-state index is 10.6. The Balaban J connectivity index is 2.11. The Hall–Kier alpha value is -1.43. The molecule has 0 bridgehead atoms. The molecule has 0 saturated carbocycles. The van der Waals surface area contributed by atoms with Gasteiger partial charge in [0.25, 0.3) is 0 Å². The van der Waals surface area contributed by atoms with E-state index in [0.29, 0.717) is 0 Å². The van der Waals surface area contributed by atoms with Crippen molar-refractivity contribution in [1.29, 1.82) is 0 Å². The van der Waals surface area contributed by atoms with Crippen molar-refractivity contribution in [2.45, 2.75) is 18.9 Å². The van der Waals surface area contributed by atoms with Crippen LogP contribution in [0.15, 0.2) is 6.20 Å². The smallest absolute Gasteiger partial charge is 0.358 e. The van der Waals surface area contributed by atoms with Crippen LogP contribution in [0, 0.1) is 0 Å². The summed E-state index contributed by atoms with van der Waals surface area (Å²) >= 11 is 0. The van der Waals surface area contributed by atoms with Gasteiger partial charge in [-0.1, -0.05) is 0 Å². The minimum Gasteiger partial charge on any atom is -0.476 e. The van der Waals surface area contributed by atoms with Crippen LogP contribution in [0.1, 0.15) is 29.4 Å². The van der Waals surface area contributed by atoms with Gasteiger partial charge in [0.2, 0.25) is 0 Å². The first-order valence-corrected chi connectivity index (χ1v) is 4.63. The van der Waals surface area contributed by atoms with Crippen LogP contribution in [0.2, 0.25) is 0 Å². The molecule has 0 atom stereocenters. The van der Waals surface area contributed by atoms with Crippen LogP contribution in [0.4, 0.5) is 0 Å². The van der Waals surface area contributed by atoms with Crippen molar-refractivity contribution in [2.24, 2.45) is 0 Å². The second-order valence-electron chi connectivity index (χ2n) is 3.34. The quantitative estimate of drug-likeness (QED) is 0.690. The topological polar surface area (TPSA) is 80.0 Å². The zero-order valence-corrected chi connectivity index (χ0v) is 7.68. The van der Waals surface area contributed by atoms with E-state index >= 15 is 0 Å². The van der Waals surface area contributed by atoms with Gasteiger partial charge in [0.15, 0.2) is 5.69 Å². The van der Waals surface area contributed by atoms with Crippen LogP contribution in [-0.2, 0) is 0 Å². The second kappa shape index (κ2) is 3.75. The van der Waals surface area contributed by atoms with Gasteiger partial charge in [-0.15, -0.1) is 5.10 Å². The lowest BCUT2D eigenvalue weighted by atomic mass is 10.1. The fourth-order valence-corrected chi connectivity index (χ4v) is 1.59. The summed E-state index contributed by atoms with van der Waals surface area (Å²) in [5.41, 5.74) is 0.0172. The average molecular weight is 196 g/mol. The summed E-state index contributed by atoms with van der Waals surface area (Å²) in [5.74, 6) is -1.02. The predicted molar refractivity (Wildman–Crippen MR) is 48.1 cm³/mol. The zero-order chi connectivity index (χ0) is 9.97. The number of aromatic nitrogens is 3. The first-order chi connectivity index (χ1) is 6.77. The molecule has 14 heavy (non-hydrogen) atoms. The van der Waals surface area contributed by atoms with Gasteiger partial charge in [-0.05, 0) is 25.9 Å². The molecule has 1 saturated heterocycles. The molecule has 1 aromatic heterocycles. The van der Waals surface area contributed by atoms with Crippen molar-refractivity contribution in [2.75, 3.05) is 13.1 Å². The Morgan fingerprint density at radius 3 is 2.86 bits per heavy atom. The molecule has 2 N–H and O–H groups in total. The van der Waals surface area contributed by atoms with Crippen molar-refractivity contribution in [1.82, 2.24) is 20.3 Å². The van der Waals surface area contributed by atoms with Crippen LogP contribution in [0.5, 0.6) is 0 Å². The number of rotatable bonds is 2. The Bertz CT molecular complexity index is 330. The molecule has 1 aliphatic rings. The third kappa shape index (κ3) is 1.74. The monoisotopic (exact) mass is 196 g/mol. The molecule has 76 valence electrons. The molecule has 0 aromatic carbocycles. The summed E-state index contributed by atoms with van der Waals surface area (Å²) in [6, 6.07) is 0.240. The first kappa shape index (κ1) is 9.14. The lowest BCUT2D eigenvalue weighted by Crippen LogP contribution is -2.30. The van der Waals surface area contributed by atoms with E-state index in [1.807, 2.05) is 0 Å². The first-order valence-electron chi connectivity index (χ1n) is 4.63. The van der Waals surface area contributed by atoms with Gasteiger partial charge in [-0.2, -0.15) is 9.90 Å². The highest BCUT2D eigenvalue weighted by Gasteiger charge is 2.18. The summed E-state index contributed by atoms with van der Waals surface area (Å²) in [4.78, 5) is 12.1. The Morgan fingerprint density at radius 1 is 1.57 bits per heavy atom. The molecule has 0 aliphatic carbocycles. The van der Waals surface area contributed by atoms with E-state index in [0.717, 1.165) is 25.9 Å². The summed E-state index contributed by atoms with van der Waals surface area (Å²) in [5, 5.41) is 19.8. The standard InChI is InChI=1S/C8H12N4O2/c13-8(14)7-5-10-12(11-7)6-1-3-9-4-2-6/h5-6,9H,1-4H2,(H,13,14). The van der Waals surface area contributed by atoms with Gasteiger partial charge < -0.3 is 10.4 Å². The van der Waals surface area contributed by atoms with Crippen LogP contribution in [0.3, 0.4) is 0 Å². The molecule has 1 fully saturated rings. The highest BCUT2D eigenvalue weighted by atomic mass is 16.4. The van der Waals surface area contributed by atoms with E-state index in [-0.39, 0.29) is 11.7 Å². The number of hydrogen-bond acceptors (Lipinski definition) is 4. The van der Waals surface area contributed by atoms with Gasteiger partial charge in [0.1, 0.15) is 0 Å². The van der Waals surface area contributed by atoms with Crippen molar-refractivity contribution in [3.63, 3.8) is 0 Å². The molecule has 6 nitrogen and oxygen atoms in total. The van der Waals surface area contributed by atoms with E-state index in [9.17, 15) is 4.79 Å². The third-order valence-corrected chi connectivity index (χ3v) is 2.36. The summed E-state index contributed by atoms with van der Waals surface area (Å²) < 4.78 is 0. The molecule has 0 radical (unpaired) electrons. The number of carboxylic acid groups (broad SMARTS) is 1. The van der Waals surface area contributed by atoms with Gasteiger partial charge in [-0.3, -0.25) is 0 Å². The molecule has 0 amide bonds. The minimum atomic E-state index is -1.02. The molecular formula is C8H12N4O2. The predicted octanol–water partition coefficient (Wildman–Crippen LogP) is -0.0992. The normalized spacial score (nSPS) is 18.3.